The summed E-state index contributed by atoms with van der Waals surface area (Å²) in [6.45, 7) is 3.04. The summed E-state index contributed by atoms with van der Waals surface area (Å²) in [6, 6.07) is -1.16. The Morgan fingerprint density at radius 2 is 1.81 bits per heavy atom. The number of hydrogen-bond donors (Lipinski definition) is 9. The largest absolute Gasteiger partial charge is 0.726 e. The summed E-state index contributed by atoms with van der Waals surface area (Å²) in [7, 11) is -3.28. The highest BCUT2D eigenvalue weighted by Crippen LogP contribution is 2.40. The fourth-order valence-electron chi connectivity index (χ4n) is 4.83. The number of nitrogens with two attached hydrogens (primary N) is 4. The molecule has 4 heterocycles. The Morgan fingerprint density at radius 3 is 2.32 bits per heavy atom. The van der Waals surface area contributed by atoms with E-state index < -0.39 is 62.8 Å². The van der Waals surface area contributed by atoms with Crippen LogP contribution in [-0.2, 0) is 52.8 Å². The lowest BCUT2D eigenvalue weighted by molar-refractivity contribution is -0.765. The van der Waals surface area contributed by atoms with Crippen LogP contribution in [0.2, 0.25) is 0 Å². The van der Waals surface area contributed by atoms with E-state index in [0.29, 0.717) is 37.2 Å². The molecule has 292 valence electrons. The Hall–Kier alpha value is -4.93. The molecule has 4 rings (SSSR count). The molecule has 2 aliphatic rings. The summed E-state index contributed by atoms with van der Waals surface area (Å²) in [4.78, 5) is 73.5. The highest BCUT2D eigenvalue weighted by atomic mass is 32.3. The van der Waals surface area contributed by atoms with Crippen molar-refractivity contribution in [2.45, 2.75) is 50.3 Å². The number of amides is 3. The second-order valence-electron chi connectivity index (χ2n) is 11.7. The van der Waals surface area contributed by atoms with Gasteiger partial charge in [0.2, 0.25) is 39.6 Å². The Balaban J connectivity index is 0.00000141. The summed E-state index contributed by atoms with van der Waals surface area (Å²) in [5.41, 5.74) is 21.2. The number of carbonyl (C=O) groups is 5. The lowest BCUT2D eigenvalue weighted by atomic mass is 10.0. The number of aliphatic carboxylic acids is 2. The average Bonchev–Trinajstić information content (AvgIpc) is 3.60. The molecule has 0 aliphatic carbocycles. The van der Waals surface area contributed by atoms with Gasteiger partial charge in [0.25, 0.3) is 11.8 Å². The minimum atomic E-state index is -4.92. The zero-order valence-electron chi connectivity index (χ0n) is 28.3. The van der Waals surface area contributed by atoms with E-state index in [1.165, 1.54) is 30.3 Å². The van der Waals surface area contributed by atoms with E-state index in [1.807, 2.05) is 0 Å². The minimum Gasteiger partial charge on any atom is -0.726 e. The zero-order chi connectivity index (χ0) is 40.0. The number of β-lactam (4-membered cyclic amide) rings is 1. The van der Waals surface area contributed by atoms with E-state index in [9.17, 15) is 34.2 Å². The normalized spacial score (nSPS) is 17.4. The van der Waals surface area contributed by atoms with Crippen molar-refractivity contribution in [3.8, 4) is 0 Å². The van der Waals surface area contributed by atoms with Crippen molar-refractivity contribution in [1.29, 1.82) is 0 Å². The maximum absolute atomic E-state index is 13.3. The van der Waals surface area contributed by atoms with E-state index in [2.05, 4.69) is 25.1 Å². The van der Waals surface area contributed by atoms with Crippen molar-refractivity contribution in [3.05, 3.63) is 23.3 Å². The Bertz CT molecular complexity index is 1910. The molecule has 2 aromatic rings. The van der Waals surface area contributed by atoms with Gasteiger partial charge in [-0.15, -0.1) is 21.1 Å². The summed E-state index contributed by atoms with van der Waals surface area (Å²) >= 11 is 1.97. The fraction of sp³-hybridized carbons (Fsp3) is 0.500. The maximum atomic E-state index is 13.3. The van der Waals surface area contributed by atoms with Crippen LogP contribution in [-0.4, -0.2) is 118 Å². The quantitative estimate of drug-likeness (QED) is 0.0211. The van der Waals surface area contributed by atoms with Crippen LogP contribution in [0, 0.1) is 5.92 Å². The van der Waals surface area contributed by atoms with Gasteiger partial charge in [-0.3, -0.25) is 23.8 Å². The first kappa shape index (κ1) is 42.5. The molecule has 1 saturated heterocycles. The van der Waals surface area contributed by atoms with Crippen LogP contribution in [0.5, 0.6) is 0 Å². The molecule has 0 spiro atoms. The molecule has 3 amide bonds. The number of oxime groups is 1. The van der Waals surface area contributed by atoms with Crippen LogP contribution in [0.15, 0.2) is 22.6 Å². The van der Waals surface area contributed by atoms with E-state index in [1.54, 1.807) is 17.9 Å². The number of nitrogens with one attached hydrogen (secondary N) is 2. The number of carbonyl (C=O) groups excluding carboxylic acids is 3. The Labute approximate surface area is 309 Å². The van der Waals surface area contributed by atoms with Crippen molar-refractivity contribution >= 4 is 85.7 Å². The van der Waals surface area contributed by atoms with Crippen molar-refractivity contribution in [1.82, 2.24) is 24.3 Å². The third-order valence-corrected chi connectivity index (χ3v) is 9.47. The fourth-order valence-corrected chi connectivity index (χ4v) is 6.60. The van der Waals surface area contributed by atoms with Crippen LogP contribution in [0.25, 0.3) is 0 Å². The molecule has 2 aromatic heterocycles. The van der Waals surface area contributed by atoms with Crippen molar-refractivity contribution in [2.75, 3.05) is 35.6 Å². The van der Waals surface area contributed by atoms with Gasteiger partial charge in [0.1, 0.15) is 17.1 Å². The van der Waals surface area contributed by atoms with Gasteiger partial charge >= 0.3 is 11.9 Å². The van der Waals surface area contributed by atoms with Crippen LogP contribution in [0.4, 0.5) is 16.6 Å². The van der Waals surface area contributed by atoms with Gasteiger partial charge in [-0.2, -0.15) is 9.36 Å². The Morgan fingerprint density at radius 1 is 1.21 bits per heavy atom. The molecule has 24 nitrogen and oxygen atoms in total. The number of nitrogens with zero attached hydrogens (tertiary/aromatic N) is 6. The number of nitrogen functional groups attached to an aromatic ring is 2. The topological polar surface area (TPSA) is 391 Å². The first-order valence-electron chi connectivity index (χ1n) is 15.1. The van der Waals surface area contributed by atoms with E-state index >= 15 is 0 Å². The molecule has 27 heteroatoms. The molecule has 0 saturated carbocycles. The predicted octanol–water partition coefficient (Wildman–Crippen LogP) is -3.39. The number of anilines is 3. The monoisotopic (exact) mass is 806 g/mol. The molecule has 0 radical (unpaired) electrons. The molecule has 0 aromatic carbocycles. The number of carboxylic acids is 2. The standard InChI is InChI=1S/C26H36N12O8S2.H2O4S/c1-26(2,24(44)45)46-34-14(18-33-25(30)48-35-18)20(40)32-15-21(41)38-16(23(42)43)12(10-47-22(15)38)8-37-9-13(17(29)36(37)3)31-19(39)11(4-6-27)5-7-28;1-5(2,3)4/h9,11,15,22,29H,4-8,10,27-28H2,1-3H3,(H6,30,31,32,33,35,39,40,42,43,44,45);(H2,1,2,3,4)/b34-14-;/t15-,22-;/m1./s1. The second-order valence-corrected chi connectivity index (χ2v) is 14.5. The molecule has 1 fully saturated rings. The highest BCUT2D eigenvalue weighted by Gasteiger charge is 2.55. The third-order valence-electron chi connectivity index (χ3n) is 7.59. The van der Waals surface area contributed by atoms with Crippen LogP contribution in [0.3, 0.4) is 0 Å². The smallest absolute Gasteiger partial charge is 0.352 e. The lowest BCUT2D eigenvalue weighted by Crippen LogP contribution is -2.71. The summed E-state index contributed by atoms with van der Waals surface area (Å²) in [5, 5.41) is 27.7. The average molecular weight is 807 g/mol. The summed E-state index contributed by atoms with van der Waals surface area (Å²) in [5.74, 6) is -4.97. The first-order valence-corrected chi connectivity index (χ1v) is 18.3. The number of aromatic nitrogens is 4. The van der Waals surface area contributed by atoms with Gasteiger partial charge in [-0.1, -0.05) is 5.16 Å². The number of rotatable bonds is 15. The van der Waals surface area contributed by atoms with Crippen molar-refractivity contribution in [2.24, 2.45) is 29.6 Å². The number of carboxylic acid groups (broad SMARTS) is 2. The van der Waals surface area contributed by atoms with Crippen molar-refractivity contribution in [3.63, 3.8) is 0 Å². The molecule has 0 unspecified atom stereocenters. The van der Waals surface area contributed by atoms with Gasteiger partial charge in [0.05, 0.1) is 7.05 Å². The minimum absolute atomic E-state index is 0.00442. The number of thioether (sulfide) groups is 1. The first-order chi connectivity index (χ1) is 24.6. The predicted molar refractivity (Wildman–Crippen MR) is 185 cm³/mol. The SMILES string of the molecule is Cn1c(N)c(NC(=O)C(CCN)CCN)c[n+]1CC1=C(C(=O)O)N2C(=O)[C@@H](NC(=O)/C(=N\OC(C)(C)C(=O)O)c3nsc(N)n3)[C@H]2SC1.O=S(=O)([O-])O. The third kappa shape index (κ3) is 10.6. The van der Waals surface area contributed by atoms with Gasteiger partial charge in [0.15, 0.2) is 23.2 Å². The van der Waals surface area contributed by atoms with Crippen LogP contribution < -0.4 is 38.3 Å². The molecular weight excluding hydrogens is 769 g/mol. The molecule has 13 N–H and O–H groups in total. The van der Waals surface area contributed by atoms with Gasteiger partial charge in [-0.05, 0) is 39.8 Å². The van der Waals surface area contributed by atoms with Crippen LogP contribution in [0.1, 0.15) is 32.5 Å². The summed E-state index contributed by atoms with van der Waals surface area (Å²) in [6.07, 6.45) is 2.44. The zero-order valence-corrected chi connectivity index (χ0v) is 30.7. The molecule has 53 heavy (non-hydrogen) atoms. The molecule has 2 aliphatic heterocycles. The van der Waals surface area contributed by atoms with Gasteiger partial charge in [0, 0.05) is 28.8 Å². The highest BCUT2D eigenvalue weighted by molar-refractivity contribution is 8.00. The Kier molecular flexibility index (Phi) is 13.8. The lowest BCUT2D eigenvalue weighted by Gasteiger charge is -2.49. The van der Waals surface area contributed by atoms with E-state index in [-0.39, 0.29) is 40.7 Å². The number of fused-ring (bicyclic) bond motifs is 1. The van der Waals surface area contributed by atoms with Crippen LogP contribution >= 0.6 is 23.3 Å². The van der Waals surface area contributed by atoms with E-state index in [4.69, 9.17) is 45.3 Å². The summed E-state index contributed by atoms with van der Waals surface area (Å²) < 4.78 is 39.9. The van der Waals surface area contributed by atoms with Gasteiger partial charge in [-0.25, -0.2) is 18.0 Å². The van der Waals surface area contributed by atoms with Crippen molar-refractivity contribution < 1.29 is 61.2 Å². The molecule has 2 atom stereocenters. The molecule has 0 bridgehead atoms. The number of hydrogen-bond acceptors (Lipinski definition) is 18. The maximum Gasteiger partial charge on any atom is 0.352 e. The van der Waals surface area contributed by atoms with E-state index in [0.717, 1.165) is 16.4 Å². The molecular formula is C26H38N12O12S3. The second kappa shape index (κ2) is 17.3. The van der Waals surface area contributed by atoms with Gasteiger partial charge < -0.3 is 53.2 Å².